The third kappa shape index (κ3) is 1.96. The molecular formula is C10H16OSi. The Kier molecular flexibility index (Phi) is 2.70. The summed E-state index contributed by atoms with van der Waals surface area (Å²) in [6, 6.07) is 8.51. The summed E-state index contributed by atoms with van der Waals surface area (Å²) < 4.78 is 5.50. The molecule has 0 bridgehead atoms. The van der Waals surface area contributed by atoms with Crippen LogP contribution in [0.1, 0.15) is 25.0 Å². The van der Waals surface area contributed by atoms with Crippen LogP contribution in [0.25, 0.3) is 0 Å². The minimum Gasteiger partial charge on any atom is -0.419 e. The first kappa shape index (κ1) is 9.48. The molecule has 0 unspecified atom stereocenters. The average Bonchev–Trinajstić information content (AvgIpc) is 2.05. The molecule has 1 rings (SSSR count). The van der Waals surface area contributed by atoms with E-state index in [1.165, 1.54) is 11.1 Å². The summed E-state index contributed by atoms with van der Waals surface area (Å²) in [4.78, 5) is 0. The highest BCUT2D eigenvalue weighted by Gasteiger charge is 2.17. The normalized spacial score (nSPS) is 11.9. The molecule has 2 heteroatoms. The van der Waals surface area contributed by atoms with E-state index in [-0.39, 0.29) is 5.60 Å². The SMILES string of the molecule is Cc1ccc(C(C)(C)O[SiH3])cc1. The minimum atomic E-state index is -0.111. The highest BCUT2D eigenvalue weighted by atomic mass is 28.2. The van der Waals surface area contributed by atoms with Gasteiger partial charge in [0.25, 0.3) is 0 Å². The fourth-order valence-electron chi connectivity index (χ4n) is 1.07. The summed E-state index contributed by atoms with van der Waals surface area (Å²) in [6.07, 6.45) is 0. The van der Waals surface area contributed by atoms with Crippen molar-refractivity contribution in [3.05, 3.63) is 35.4 Å². The molecule has 1 nitrogen and oxygen atoms in total. The summed E-state index contributed by atoms with van der Waals surface area (Å²) in [5, 5.41) is 0. The van der Waals surface area contributed by atoms with E-state index >= 15 is 0 Å². The fraction of sp³-hybridized carbons (Fsp3) is 0.400. The smallest absolute Gasteiger partial charge is 0.147 e. The molecule has 0 radical (unpaired) electrons. The number of hydrogen-bond acceptors (Lipinski definition) is 1. The van der Waals surface area contributed by atoms with E-state index in [1.54, 1.807) is 0 Å². The van der Waals surface area contributed by atoms with Crippen molar-refractivity contribution >= 4 is 10.5 Å². The Labute approximate surface area is 77.3 Å². The van der Waals surface area contributed by atoms with Crippen LogP contribution in [0, 0.1) is 6.92 Å². The fourth-order valence-corrected chi connectivity index (χ4v) is 1.31. The zero-order chi connectivity index (χ0) is 9.19. The van der Waals surface area contributed by atoms with Crippen molar-refractivity contribution in [3.63, 3.8) is 0 Å². The van der Waals surface area contributed by atoms with E-state index in [0.717, 1.165) is 10.5 Å². The van der Waals surface area contributed by atoms with E-state index in [0.29, 0.717) is 0 Å². The molecule has 0 atom stereocenters. The van der Waals surface area contributed by atoms with E-state index in [4.69, 9.17) is 4.43 Å². The molecule has 0 aromatic heterocycles. The maximum Gasteiger partial charge on any atom is 0.147 e. The highest BCUT2D eigenvalue weighted by molar-refractivity contribution is 5.98. The van der Waals surface area contributed by atoms with Gasteiger partial charge in [0.15, 0.2) is 0 Å². The molecule has 0 amide bonds. The molecule has 1 aromatic rings. The van der Waals surface area contributed by atoms with Gasteiger partial charge < -0.3 is 4.43 Å². The molecule has 0 N–H and O–H groups in total. The zero-order valence-corrected chi connectivity index (χ0v) is 10.2. The summed E-state index contributed by atoms with van der Waals surface area (Å²) in [6.45, 7) is 6.30. The maximum atomic E-state index is 5.50. The van der Waals surface area contributed by atoms with Gasteiger partial charge in [-0.15, -0.1) is 0 Å². The van der Waals surface area contributed by atoms with Crippen LogP contribution in [0.3, 0.4) is 0 Å². The molecular weight excluding hydrogens is 164 g/mol. The van der Waals surface area contributed by atoms with Crippen molar-refractivity contribution in [1.29, 1.82) is 0 Å². The monoisotopic (exact) mass is 180 g/mol. The van der Waals surface area contributed by atoms with Gasteiger partial charge in [0, 0.05) is 0 Å². The van der Waals surface area contributed by atoms with Crippen LogP contribution in [-0.2, 0) is 10.0 Å². The molecule has 0 fully saturated rings. The van der Waals surface area contributed by atoms with E-state index < -0.39 is 0 Å². The number of aryl methyl sites for hydroxylation is 1. The largest absolute Gasteiger partial charge is 0.419 e. The highest BCUT2D eigenvalue weighted by Crippen LogP contribution is 2.23. The summed E-state index contributed by atoms with van der Waals surface area (Å²) in [5.41, 5.74) is 2.44. The Balaban J connectivity index is 2.96. The lowest BCUT2D eigenvalue weighted by Crippen LogP contribution is -2.19. The third-order valence-corrected chi connectivity index (χ3v) is 3.28. The molecule has 0 saturated carbocycles. The van der Waals surface area contributed by atoms with Crippen LogP contribution in [0.4, 0.5) is 0 Å². The first-order chi connectivity index (χ1) is 5.56. The van der Waals surface area contributed by atoms with Crippen LogP contribution in [0.15, 0.2) is 24.3 Å². The van der Waals surface area contributed by atoms with Crippen LogP contribution in [0.2, 0.25) is 0 Å². The topological polar surface area (TPSA) is 9.23 Å². The molecule has 0 heterocycles. The van der Waals surface area contributed by atoms with Gasteiger partial charge >= 0.3 is 0 Å². The van der Waals surface area contributed by atoms with Crippen molar-refractivity contribution in [2.75, 3.05) is 0 Å². The van der Waals surface area contributed by atoms with Crippen molar-refractivity contribution in [1.82, 2.24) is 0 Å². The van der Waals surface area contributed by atoms with Crippen LogP contribution < -0.4 is 0 Å². The van der Waals surface area contributed by atoms with Gasteiger partial charge in [0.1, 0.15) is 10.5 Å². The molecule has 0 aliphatic heterocycles. The second-order valence-corrected chi connectivity index (χ2v) is 3.99. The minimum absolute atomic E-state index is 0.111. The molecule has 0 aliphatic rings. The van der Waals surface area contributed by atoms with Gasteiger partial charge in [0.2, 0.25) is 0 Å². The Morgan fingerprint density at radius 3 is 2.08 bits per heavy atom. The summed E-state index contributed by atoms with van der Waals surface area (Å²) in [7, 11) is 0.780. The lowest BCUT2D eigenvalue weighted by Gasteiger charge is -2.24. The van der Waals surface area contributed by atoms with E-state index in [2.05, 4.69) is 45.0 Å². The molecule has 12 heavy (non-hydrogen) atoms. The van der Waals surface area contributed by atoms with Crippen LogP contribution in [0.5, 0.6) is 0 Å². The Morgan fingerprint density at radius 2 is 1.67 bits per heavy atom. The van der Waals surface area contributed by atoms with Crippen LogP contribution >= 0.6 is 0 Å². The first-order valence-electron chi connectivity index (χ1n) is 4.18. The molecule has 1 aromatic carbocycles. The van der Waals surface area contributed by atoms with Gasteiger partial charge in [-0.1, -0.05) is 29.8 Å². The van der Waals surface area contributed by atoms with Gasteiger partial charge in [-0.25, -0.2) is 0 Å². The van der Waals surface area contributed by atoms with Gasteiger partial charge in [-0.2, -0.15) is 0 Å². The Morgan fingerprint density at radius 1 is 1.17 bits per heavy atom. The van der Waals surface area contributed by atoms with Crippen molar-refractivity contribution in [2.45, 2.75) is 26.4 Å². The lowest BCUT2D eigenvalue weighted by atomic mass is 9.98. The third-order valence-electron chi connectivity index (χ3n) is 2.26. The maximum absolute atomic E-state index is 5.50. The van der Waals surface area contributed by atoms with Crippen molar-refractivity contribution < 1.29 is 4.43 Å². The Hall–Kier alpha value is -0.603. The number of rotatable bonds is 2. The number of benzene rings is 1. The van der Waals surface area contributed by atoms with Gasteiger partial charge in [0.05, 0.1) is 5.60 Å². The van der Waals surface area contributed by atoms with Crippen LogP contribution in [-0.4, -0.2) is 10.5 Å². The Bertz CT molecular complexity index is 251. The number of hydrogen-bond donors (Lipinski definition) is 0. The molecule has 66 valence electrons. The van der Waals surface area contributed by atoms with Crippen molar-refractivity contribution in [3.8, 4) is 0 Å². The second kappa shape index (κ2) is 3.41. The molecule has 0 spiro atoms. The second-order valence-electron chi connectivity index (χ2n) is 3.58. The quantitative estimate of drug-likeness (QED) is 0.627. The standard InChI is InChI=1S/C10H16OSi/c1-8-4-6-9(7-5-8)10(2,3)11-12/h4-7H,1-3,12H3. The summed E-state index contributed by atoms with van der Waals surface area (Å²) >= 11 is 0. The first-order valence-corrected chi connectivity index (χ1v) is 5.00. The van der Waals surface area contributed by atoms with E-state index in [1.807, 2.05) is 0 Å². The van der Waals surface area contributed by atoms with E-state index in [9.17, 15) is 0 Å². The van der Waals surface area contributed by atoms with Gasteiger partial charge in [-0.3, -0.25) is 0 Å². The van der Waals surface area contributed by atoms with Gasteiger partial charge in [-0.05, 0) is 26.3 Å². The predicted molar refractivity (Wildman–Crippen MR) is 55.2 cm³/mol. The lowest BCUT2D eigenvalue weighted by molar-refractivity contribution is 0.123. The molecule has 0 saturated heterocycles. The molecule has 0 aliphatic carbocycles. The average molecular weight is 180 g/mol. The summed E-state index contributed by atoms with van der Waals surface area (Å²) in [5.74, 6) is 0. The van der Waals surface area contributed by atoms with Crippen molar-refractivity contribution in [2.24, 2.45) is 0 Å². The zero-order valence-electron chi connectivity index (χ0n) is 8.22. The predicted octanol–water partition coefficient (Wildman–Crippen LogP) is 1.53.